The molecule has 1 aliphatic carbocycles. The van der Waals surface area contributed by atoms with Crippen LogP contribution in [0.25, 0.3) is 0 Å². The topological polar surface area (TPSA) is 21.3 Å². The Morgan fingerprint density at radius 2 is 1.75 bits per heavy atom. The fourth-order valence-electron chi connectivity index (χ4n) is 2.07. The molecule has 1 N–H and O–H groups in total. The molecule has 0 atom stereocenters. The summed E-state index contributed by atoms with van der Waals surface area (Å²) < 4.78 is 0. The van der Waals surface area contributed by atoms with Crippen molar-refractivity contribution in [1.29, 1.82) is 0 Å². The van der Waals surface area contributed by atoms with Crippen molar-refractivity contribution >= 4 is 0 Å². The van der Waals surface area contributed by atoms with E-state index in [1.165, 1.54) is 25.7 Å². The third-order valence-corrected chi connectivity index (χ3v) is 3.00. The Hall–Kier alpha value is -0.0800. The van der Waals surface area contributed by atoms with Gasteiger partial charge in [-0.15, -0.1) is 0 Å². The van der Waals surface area contributed by atoms with E-state index in [1.54, 1.807) is 7.11 Å². The maximum Gasteiger partial charge on any atom is 0.0572 e. The number of nitrogens with one attached hydrogen (secondary N) is 1. The molecule has 0 spiro atoms. The van der Waals surface area contributed by atoms with Crippen LogP contribution in [0.2, 0.25) is 0 Å². The molecule has 2 nitrogen and oxygen atoms in total. The Bertz CT molecular complexity index is 117. The first-order chi connectivity index (χ1) is 5.74. The van der Waals surface area contributed by atoms with E-state index in [1.807, 2.05) is 0 Å². The highest BCUT2D eigenvalue weighted by atomic mass is 16.6. The average Bonchev–Trinajstić information content (AvgIpc) is 2.06. The Morgan fingerprint density at radius 1 is 1.17 bits per heavy atom. The predicted octanol–water partition coefficient (Wildman–Crippen LogP) is 2.35. The largest absolute Gasteiger partial charge is 0.305 e. The summed E-state index contributed by atoms with van der Waals surface area (Å²) >= 11 is 0. The molecule has 12 heavy (non-hydrogen) atoms. The van der Waals surface area contributed by atoms with Gasteiger partial charge in [-0.1, -0.05) is 13.8 Å². The summed E-state index contributed by atoms with van der Waals surface area (Å²) in [4.78, 5) is 4.93. The third kappa shape index (κ3) is 2.76. The van der Waals surface area contributed by atoms with Crippen molar-refractivity contribution in [2.24, 2.45) is 11.8 Å². The van der Waals surface area contributed by atoms with Crippen LogP contribution >= 0.6 is 0 Å². The van der Waals surface area contributed by atoms with Gasteiger partial charge in [-0.25, -0.2) is 0 Å². The van der Waals surface area contributed by atoms with Crippen molar-refractivity contribution in [1.82, 2.24) is 5.48 Å². The lowest BCUT2D eigenvalue weighted by molar-refractivity contribution is 0.0401. The van der Waals surface area contributed by atoms with Gasteiger partial charge in [0.15, 0.2) is 0 Å². The Balaban J connectivity index is 2.20. The summed E-state index contributed by atoms with van der Waals surface area (Å²) in [6, 6.07) is 0.602. The normalized spacial score (nSPS) is 31.0. The third-order valence-electron chi connectivity index (χ3n) is 3.00. The highest BCUT2D eigenvalue weighted by Gasteiger charge is 2.22. The second kappa shape index (κ2) is 4.83. The molecule has 72 valence electrons. The molecule has 0 unspecified atom stereocenters. The molecule has 0 radical (unpaired) electrons. The lowest BCUT2D eigenvalue weighted by atomic mass is 9.80. The molecule has 1 fully saturated rings. The zero-order valence-corrected chi connectivity index (χ0v) is 8.47. The second-order valence-corrected chi connectivity index (χ2v) is 4.18. The van der Waals surface area contributed by atoms with Gasteiger partial charge in [0.1, 0.15) is 0 Å². The number of hydrogen-bond acceptors (Lipinski definition) is 2. The fourth-order valence-corrected chi connectivity index (χ4v) is 2.07. The number of hydroxylamine groups is 1. The van der Waals surface area contributed by atoms with E-state index in [4.69, 9.17) is 4.84 Å². The summed E-state index contributed by atoms with van der Waals surface area (Å²) in [5, 5.41) is 0. The van der Waals surface area contributed by atoms with Gasteiger partial charge in [0.05, 0.1) is 7.11 Å². The van der Waals surface area contributed by atoms with Gasteiger partial charge in [0.2, 0.25) is 0 Å². The van der Waals surface area contributed by atoms with Gasteiger partial charge in [-0.3, -0.25) is 0 Å². The molecule has 1 aliphatic rings. The molecule has 0 heterocycles. The molecule has 0 aromatic heterocycles. The monoisotopic (exact) mass is 171 g/mol. The minimum absolute atomic E-state index is 0.602. The Labute approximate surface area is 75.6 Å². The van der Waals surface area contributed by atoms with Crippen molar-refractivity contribution < 1.29 is 4.84 Å². The average molecular weight is 171 g/mol. The molecule has 0 aliphatic heterocycles. The molecule has 0 bridgehead atoms. The van der Waals surface area contributed by atoms with Crippen LogP contribution in [0.15, 0.2) is 0 Å². The maximum absolute atomic E-state index is 4.93. The van der Waals surface area contributed by atoms with Gasteiger partial charge in [-0.05, 0) is 37.5 Å². The van der Waals surface area contributed by atoms with Gasteiger partial charge < -0.3 is 4.84 Å². The minimum Gasteiger partial charge on any atom is -0.305 e. The summed E-state index contributed by atoms with van der Waals surface area (Å²) in [5.74, 6) is 1.80. The first kappa shape index (κ1) is 10.0. The van der Waals surface area contributed by atoms with Crippen LogP contribution in [0, 0.1) is 11.8 Å². The van der Waals surface area contributed by atoms with E-state index in [0.717, 1.165) is 11.8 Å². The SMILES string of the molecule is CONC1CCC(C(C)C)CC1. The quantitative estimate of drug-likeness (QED) is 0.658. The number of rotatable bonds is 3. The van der Waals surface area contributed by atoms with E-state index < -0.39 is 0 Å². The summed E-state index contributed by atoms with van der Waals surface area (Å²) in [6.45, 7) is 4.66. The predicted molar refractivity (Wildman–Crippen MR) is 50.7 cm³/mol. The molecule has 0 aromatic carbocycles. The van der Waals surface area contributed by atoms with Crippen LogP contribution in [0.1, 0.15) is 39.5 Å². The maximum atomic E-state index is 4.93. The Kier molecular flexibility index (Phi) is 4.02. The van der Waals surface area contributed by atoms with Crippen molar-refractivity contribution in [2.45, 2.75) is 45.6 Å². The van der Waals surface area contributed by atoms with E-state index in [-0.39, 0.29) is 0 Å². The van der Waals surface area contributed by atoms with Gasteiger partial charge in [-0.2, -0.15) is 5.48 Å². The highest BCUT2D eigenvalue weighted by Crippen LogP contribution is 2.29. The van der Waals surface area contributed by atoms with E-state index in [9.17, 15) is 0 Å². The molecule has 0 aromatic rings. The number of hydrogen-bond donors (Lipinski definition) is 1. The zero-order valence-electron chi connectivity index (χ0n) is 8.47. The van der Waals surface area contributed by atoms with Crippen molar-refractivity contribution in [2.75, 3.05) is 7.11 Å². The summed E-state index contributed by atoms with van der Waals surface area (Å²) in [7, 11) is 1.70. The van der Waals surface area contributed by atoms with Crippen molar-refractivity contribution in [3.8, 4) is 0 Å². The van der Waals surface area contributed by atoms with Crippen LogP contribution in [0.3, 0.4) is 0 Å². The van der Waals surface area contributed by atoms with E-state index in [2.05, 4.69) is 19.3 Å². The molecule has 2 heteroatoms. The van der Waals surface area contributed by atoms with Gasteiger partial charge in [0, 0.05) is 6.04 Å². The van der Waals surface area contributed by atoms with Crippen LogP contribution in [0.5, 0.6) is 0 Å². The Morgan fingerprint density at radius 3 is 2.17 bits per heavy atom. The van der Waals surface area contributed by atoms with Crippen molar-refractivity contribution in [3.63, 3.8) is 0 Å². The van der Waals surface area contributed by atoms with E-state index in [0.29, 0.717) is 6.04 Å². The van der Waals surface area contributed by atoms with E-state index >= 15 is 0 Å². The van der Waals surface area contributed by atoms with Gasteiger partial charge >= 0.3 is 0 Å². The molecule has 0 saturated heterocycles. The molecule has 0 amide bonds. The van der Waals surface area contributed by atoms with Crippen LogP contribution < -0.4 is 5.48 Å². The van der Waals surface area contributed by atoms with Gasteiger partial charge in [0.25, 0.3) is 0 Å². The lowest BCUT2D eigenvalue weighted by Gasteiger charge is -2.30. The lowest BCUT2D eigenvalue weighted by Crippen LogP contribution is -2.33. The summed E-state index contributed by atoms with van der Waals surface area (Å²) in [5.41, 5.74) is 3.04. The second-order valence-electron chi connectivity index (χ2n) is 4.18. The zero-order chi connectivity index (χ0) is 8.97. The van der Waals surface area contributed by atoms with Crippen LogP contribution in [-0.4, -0.2) is 13.2 Å². The standard InChI is InChI=1S/C10H21NO/c1-8(2)9-4-6-10(7-5-9)11-12-3/h8-11H,4-7H2,1-3H3. The minimum atomic E-state index is 0.602. The smallest absolute Gasteiger partial charge is 0.0572 e. The van der Waals surface area contributed by atoms with Crippen LogP contribution in [-0.2, 0) is 4.84 Å². The summed E-state index contributed by atoms with van der Waals surface area (Å²) in [6.07, 6.45) is 5.27. The fraction of sp³-hybridized carbons (Fsp3) is 1.00. The molecular formula is C10H21NO. The van der Waals surface area contributed by atoms with Crippen LogP contribution in [0.4, 0.5) is 0 Å². The highest BCUT2D eigenvalue weighted by molar-refractivity contribution is 4.76. The first-order valence-corrected chi connectivity index (χ1v) is 5.02. The van der Waals surface area contributed by atoms with Crippen molar-refractivity contribution in [3.05, 3.63) is 0 Å². The molecule has 1 saturated carbocycles. The first-order valence-electron chi connectivity index (χ1n) is 5.02. The molecular weight excluding hydrogens is 150 g/mol. The molecule has 1 rings (SSSR count).